The third-order valence-electron chi connectivity index (χ3n) is 3.18. The summed E-state index contributed by atoms with van der Waals surface area (Å²) in [6, 6.07) is 10.8. The number of amides is 2. The molecule has 2 aromatic rings. The van der Waals surface area contributed by atoms with E-state index in [1.165, 1.54) is 0 Å². The number of nitrogens with one attached hydrogen (secondary N) is 3. The minimum Gasteiger partial charge on any atom is -0.497 e. The number of hydrogen-bond donors (Lipinski definition) is 3. The molecular weight excluding hydrogens is 320 g/mol. The highest BCUT2D eigenvalue weighted by molar-refractivity contribution is 5.88. The SMILES string of the molecule is COc1ccc(OCCNc2ccc(NC(=O)NC(C)C)nc2)cc1. The van der Waals surface area contributed by atoms with Gasteiger partial charge in [-0.1, -0.05) is 0 Å². The standard InChI is InChI=1S/C18H24N4O3/c1-13(2)21-18(23)22-17-9-4-14(12-20-17)19-10-11-25-16-7-5-15(24-3)6-8-16/h4-9,12-13,19H,10-11H2,1-3H3,(H2,20,21,22,23). The summed E-state index contributed by atoms with van der Waals surface area (Å²) in [4.78, 5) is 15.8. The molecule has 0 fully saturated rings. The molecule has 1 aromatic heterocycles. The van der Waals surface area contributed by atoms with E-state index in [4.69, 9.17) is 9.47 Å². The van der Waals surface area contributed by atoms with Gasteiger partial charge in [0, 0.05) is 12.6 Å². The van der Waals surface area contributed by atoms with Crippen molar-refractivity contribution in [1.29, 1.82) is 0 Å². The normalized spacial score (nSPS) is 10.2. The van der Waals surface area contributed by atoms with Crippen LogP contribution >= 0.6 is 0 Å². The molecule has 7 heteroatoms. The predicted octanol–water partition coefficient (Wildman–Crippen LogP) is 3.11. The molecule has 0 radical (unpaired) electrons. The fourth-order valence-corrected chi connectivity index (χ4v) is 2.02. The summed E-state index contributed by atoms with van der Waals surface area (Å²) < 4.78 is 10.7. The quantitative estimate of drug-likeness (QED) is 0.641. The minimum absolute atomic E-state index is 0.0756. The zero-order valence-corrected chi connectivity index (χ0v) is 14.7. The first-order chi connectivity index (χ1) is 12.1. The highest BCUT2D eigenvalue weighted by Crippen LogP contribution is 2.17. The molecule has 2 amide bonds. The van der Waals surface area contributed by atoms with Crippen LogP contribution in [0.5, 0.6) is 11.5 Å². The Labute approximate surface area is 147 Å². The summed E-state index contributed by atoms with van der Waals surface area (Å²) in [6.07, 6.45) is 1.67. The number of aromatic nitrogens is 1. The van der Waals surface area contributed by atoms with Crippen molar-refractivity contribution >= 4 is 17.5 Å². The van der Waals surface area contributed by atoms with Crippen LogP contribution in [0.25, 0.3) is 0 Å². The lowest BCUT2D eigenvalue weighted by molar-refractivity contribution is 0.250. The van der Waals surface area contributed by atoms with E-state index in [0.29, 0.717) is 19.0 Å². The average Bonchev–Trinajstić information content (AvgIpc) is 2.60. The zero-order valence-electron chi connectivity index (χ0n) is 14.7. The van der Waals surface area contributed by atoms with Crippen molar-refractivity contribution in [2.24, 2.45) is 0 Å². The van der Waals surface area contributed by atoms with Gasteiger partial charge < -0.3 is 20.1 Å². The zero-order chi connectivity index (χ0) is 18.1. The molecule has 0 saturated heterocycles. The molecule has 0 unspecified atom stereocenters. The summed E-state index contributed by atoms with van der Waals surface area (Å²) in [6.45, 7) is 4.94. The Morgan fingerprint density at radius 1 is 1.12 bits per heavy atom. The number of hydrogen-bond acceptors (Lipinski definition) is 5. The highest BCUT2D eigenvalue weighted by atomic mass is 16.5. The number of nitrogens with zero attached hydrogens (tertiary/aromatic N) is 1. The largest absolute Gasteiger partial charge is 0.497 e. The summed E-state index contributed by atoms with van der Waals surface area (Å²) in [5.74, 6) is 2.09. The number of methoxy groups -OCH3 is 1. The lowest BCUT2D eigenvalue weighted by Gasteiger charge is -2.11. The van der Waals surface area contributed by atoms with E-state index in [-0.39, 0.29) is 12.1 Å². The lowest BCUT2D eigenvalue weighted by atomic mass is 10.3. The molecule has 0 aliphatic rings. The van der Waals surface area contributed by atoms with Crippen LogP contribution in [0.2, 0.25) is 0 Å². The van der Waals surface area contributed by atoms with Gasteiger partial charge in [-0.3, -0.25) is 5.32 Å². The molecule has 134 valence electrons. The number of carbonyl (C=O) groups is 1. The van der Waals surface area contributed by atoms with E-state index < -0.39 is 0 Å². The van der Waals surface area contributed by atoms with E-state index in [2.05, 4.69) is 20.9 Å². The third kappa shape index (κ3) is 6.58. The summed E-state index contributed by atoms with van der Waals surface area (Å²) in [5.41, 5.74) is 0.855. The van der Waals surface area contributed by atoms with Crippen LogP contribution in [0, 0.1) is 0 Å². The van der Waals surface area contributed by atoms with Crippen LogP contribution in [0.1, 0.15) is 13.8 Å². The average molecular weight is 344 g/mol. The molecule has 7 nitrogen and oxygen atoms in total. The number of benzene rings is 1. The minimum atomic E-state index is -0.267. The molecule has 0 spiro atoms. The van der Waals surface area contributed by atoms with Crippen molar-refractivity contribution in [3.63, 3.8) is 0 Å². The van der Waals surface area contributed by atoms with Crippen molar-refractivity contribution in [2.75, 3.05) is 30.9 Å². The third-order valence-corrected chi connectivity index (χ3v) is 3.18. The number of ether oxygens (including phenoxy) is 2. The van der Waals surface area contributed by atoms with Gasteiger partial charge in [-0.2, -0.15) is 0 Å². The lowest BCUT2D eigenvalue weighted by Crippen LogP contribution is -2.34. The number of pyridine rings is 1. The Bertz CT molecular complexity index is 657. The first kappa shape index (κ1) is 18.4. The molecule has 0 saturated carbocycles. The van der Waals surface area contributed by atoms with Crippen LogP contribution in [-0.2, 0) is 0 Å². The van der Waals surface area contributed by atoms with Crippen LogP contribution in [0.4, 0.5) is 16.3 Å². The molecule has 0 atom stereocenters. The van der Waals surface area contributed by atoms with E-state index >= 15 is 0 Å². The van der Waals surface area contributed by atoms with Crippen LogP contribution < -0.4 is 25.4 Å². The fraction of sp³-hybridized carbons (Fsp3) is 0.333. The van der Waals surface area contributed by atoms with Gasteiger partial charge in [-0.15, -0.1) is 0 Å². The first-order valence-electron chi connectivity index (χ1n) is 8.11. The maximum absolute atomic E-state index is 11.6. The molecule has 3 N–H and O–H groups in total. The maximum Gasteiger partial charge on any atom is 0.320 e. The van der Waals surface area contributed by atoms with Crippen LogP contribution in [-0.4, -0.2) is 37.3 Å². The molecule has 25 heavy (non-hydrogen) atoms. The number of carbonyl (C=O) groups excluding carboxylic acids is 1. The molecule has 1 heterocycles. The van der Waals surface area contributed by atoms with E-state index in [9.17, 15) is 4.79 Å². The second-order valence-corrected chi connectivity index (χ2v) is 5.64. The van der Waals surface area contributed by atoms with Gasteiger partial charge in [0.25, 0.3) is 0 Å². The second-order valence-electron chi connectivity index (χ2n) is 5.64. The number of anilines is 2. The molecule has 0 bridgehead atoms. The summed E-state index contributed by atoms with van der Waals surface area (Å²) >= 11 is 0. The van der Waals surface area contributed by atoms with E-state index in [1.807, 2.05) is 44.2 Å². The molecule has 0 aliphatic carbocycles. The van der Waals surface area contributed by atoms with Gasteiger partial charge in [-0.25, -0.2) is 9.78 Å². The van der Waals surface area contributed by atoms with Gasteiger partial charge in [0.05, 0.1) is 19.0 Å². The second kappa shape index (κ2) is 9.36. The van der Waals surface area contributed by atoms with E-state index in [0.717, 1.165) is 17.2 Å². The molecular formula is C18H24N4O3. The maximum atomic E-state index is 11.6. The molecule has 1 aromatic carbocycles. The van der Waals surface area contributed by atoms with Crippen molar-refractivity contribution in [2.45, 2.75) is 19.9 Å². The van der Waals surface area contributed by atoms with Crippen LogP contribution in [0.15, 0.2) is 42.6 Å². The molecule has 2 rings (SSSR count). The van der Waals surface area contributed by atoms with Crippen molar-refractivity contribution in [1.82, 2.24) is 10.3 Å². The van der Waals surface area contributed by atoms with E-state index in [1.54, 1.807) is 19.4 Å². The van der Waals surface area contributed by atoms with Gasteiger partial charge in [0.1, 0.15) is 23.9 Å². The predicted molar refractivity (Wildman–Crippen MR) is 98.5 cm³/mol. The number of urea groups is 1. The van der Waals surface area contributed by atoms with Crippen molar-refractivity contribution < 1.29 is 14.3 Å². The van der Waals surface area contributed by atoms with Gasteiger partial charge in [0.2, 0.25) is 0 Å². The topological polar surface area (TPSA) is 84.5 Å². The summed E-state index contributed by atoms with van der Waals surface area (Å²) in [5, 5.41) is 8.62. The highest BCUT2D eigenvalue weighted by Gasteiger charge is 2.04. The van der Waals surface area contributed by atoms with Crippen molar-refractivity contribution in [3.05, 3.63) is 42.6 Å². The van der Waals surface area contributed by atoms with Crippen molar-refractivity contribution in [3.8, 4) is 11.5 Å². The number of rotatable bonds is 8. The summed E-state index contributed by atoms with van der Waals surface area (Å²) in [7, 11) is 1.63. The Balaban J connectivity index is 1.71. The Hall–Kier alpha value is -2.96. The molecule has 0 aliphatic heterocycles. The van der Waals surface area contributed by atoms with Gasteiger partial charge in [0.15, 0.2) is 0 Å². The Morgan fingerprint density at radius 2 is 1.84 bits per heavy atom. The smallest absolute Gasteiger partial charge is 0.320 e. The van der Waals surface area contributed by atoms with Gasteiger partial charge in [-0.05, 0) is 50.2 Å². The monoisotopic (exact) mass is 344 g/mol. The Kier molecular flexibility index (Phi) is 6.88. The van der Waals surface area contributed by atoms with Gasteiger partial charge >= 0.3 is 6.03 Å². The van der Waals surface area contributed by atoms with Crippen LogP contribution in [0.3, 0.4) is 0 Å². The fourth-order valence-electron chi connectivity index (χ4n) is 2.02. The first-order valence-corrected chi connectivity index (χ1v) is 8.11. The Morgan fingerprint density at radius 3 is 2.44 bits per heavy atom.